The summed E-state index contributed by atoms with van der Waals surface area (Å²) < 4.78 is 5.22. The van der Waals surface area contributed by atoms with Gasteiger partial charge < -0.3 is 4.74 Å². The van der Waals surface area contributed by atoms with Gasteiger partial charge in [-0.2, -0.15) is 0 Å². The quantitative estimate of drug-likeness (QED) is 0.753. The fourth-order valence-corrected chi connectivity index (χ4v) is 2.51. The minimum absolute atomic E-state index is 0.745. The first-order chi connectivity index (χ1) is 8.81. The second kappa shape index (κ2) is 6.58. The number of terminal acetylenes is 1. The second-order valence-electron chi connectivity index (χ2n) is 5.02. The number of benzene rings is 1. The number of methoxy groups -OCH3 is 1. The maximum absolute atomic E-state index is 5.36. The van der Waals surface area contributed by atoms with E-state index >= 15 is 0 Å². The third-order valence-corrected chi connectivity index (χ3v) is 3.64. The molecular formula is C16H21NO. The number of likely N-dealkylation sites (tertiary alicyclic amines) is 1. The molecule has 0 aliphatic carbocycles. The predicted octanol–water partition coefficient (Wildman–Crippen LogP) is 2.53. The number of hydrogen-bond donors (Lipinski definition) is 0. The summed E-state index contributed by atoms with van der Waals surface area (Å²) in [5, 5.41) is 0. The van der Waals surface area contributed by atoms with Crippen LogP contribution >= 0.6 is 0 Å². The van der Waals surface area contributed by atoms with Crippen molar-refractivity contribution in [3.05, 3.63) is 35.4 Å². The van der Waals surface area contributed by atoms with Gasteiger partial charge in [0.05, 0.1) is 0 Å². The Kier molecular flexibility index (Phi) is 4.81. The van der Waals surface area contributed by atoms with Crippen LogP contribution in [-0.4, -0.2) is 31.7 Å². The molecule has 1 heterocycles. The highest BCUT2D eigenvalue weighted by molar-refractivity contribution is 5.34. The zero-order chi connectivity index (χ0) is 12.8. The van der Waals surface area contributed by atoms with Crippen LogP contribution in [0.2, 0.25) is 0 Å². The maximum Gasteiger partial charge on any atom is 0.0491 e. The third kappa shape index (κ3) is 3.60. The number of ether oxygens (including phenoxy) is 1. The summed E-state index contributed by atoms with van der Waals surface area (Å²) in [6.45, 7) is 4.28. The molecule has 0 spiro atoms. The van der Waals surface area contributed by atoms with Gasteiger partial charge in [-0.1, -0.05) is 18.1 Å². The first-order valence-corrected chi connectivity index (χ1v) is 6.58. The fraction of sp³-hybridized carbons (Fsp3) is 0.500. The van der Waals surface area contributed by atoms with Crippen molar-refractivity contribution in [2.24, 2.45) is 5.92 Å². The molecule has 1 aromatic rings. The van der Waals surface area contributed by atoms with Crippen molar-refractivity contribution in [2.45, 2.75) is 19.4 Å². The summed E-state index contributed by atoms with van der Waals surface area (Å²) in [7, 11) is 1.79. The summed E-state index contributed by atoms with van der Waals surface area (Å²) in [4.78, 5) is 2.51. The third-order valence-electron chi connectivity index (χ3n) is 3.64. The van der Waals surface area contributed by atoms with Crippen LogP contribution in [0.5, 0.6) is 0 Å². The lowest BCUT2D eigenvalue weighted by Gasteiger charge is -2.31. The highest BCUT2D eigenvalue weighted by Gasteiger charge is 2.18. The maximum atomic E-state index is 5.36. The molecule has 1 aliphatic rings. The zero-order valence-electron chi connectivity index (χ0n) is 11.1. The molecule has 1 fully saturated rings. The van der Waals surface area contributed by atoms with Gasteiger partial charge in [-0.15, -0.1) is 6.42 Å². The van der Waals surface area contributed by atoms with E-state index < -0.39 is 0 Å². The Balaban J connectivity index is 1.82. The Hall–Kier alpha value is -1.30. The minimum atomic E-state index is 0.745. The van der Waals surface area contributed by atoms with Crippen LogP contribution < -0.4 is 0 Å². The zero-order valence-corrected chi connectivity index (χ0v) is 11.1. The van der Waals surface area contributed by atoms with Gasteiger partial charge in [-0.05, 0) is 49.5 Å². The van der Waals surface area contributed by atoms with Crippen molar-refractivity contribution in [2.75, 3.05) is 26.8 Å². The van der Waals surface area contributed by atoms with Crippen LogP contribution in [-0.2, 0) is 11.3 Å². The SMILES string of the molecule is C#Cc1ccc(CN2CCC(COC)CC2)cc1. The van der Waals surface area contributed by atoms with E-state index in [1.165, 1.54) is 31.5 Å². The van der Waals surface area contributed by atoms with E-state index in [2.05, 4.69) is 23.0 Å². The van der Waals surface area contributed by atoms with Crippen molar-refractivity contribution < 1.29 is 4.74 Å². The van der Waals surface area contributed by atoms with E-state index in [0.717, 1.165) is 24.6 Å². The molecule has 18 heavy (non-hydrogen) atoms. The van der Waals surface area contributed by atoms with E-state index in [1.807, 2.05) is 12.1 Å². The Morgan fingerprint density at radius 2 is 1.94 bits per heavy atom. The first-order valence-electron chi connectivity index (χ1n) is 6.58. The Morgan fingerprint density at radius 3 is 2.50 bits per heavy atom. The molecule has 2 rings (SSSR count). The van der Waals surface area contributed by atoms with Gasteiger partial charge in [0, 0.05) is 25.8 Å². The van der Waals surface area contributed by atoms with Gasteiger partial charge >= 0.3 is 0 Å². The molecule has 0 N–H and O–H groups in total. The van der Waals surface area contributed by atoms with Gasteiger partial charge in [-0.3, -0.25) is 4.90 Å². The minimum Gasteiger partial charge on any atom is -0.384 e. The van der Waals surface area contributed by atoms with Gasteiger partial charge in [0.15, 0.2) is 0 Å². The number of nitrogens with zero attached hydrogens (tertiary/aromatic N) is 1. The van der Waals surface area contributed by atoms with E-state index in [-0.39, 0.29) is 0 Å². The molecule has 2 heteroatoms. The highest BCUT2D eigenvalue weighted by Crippen LogP contribution is 2.19. The summed E-state index contributed by atoms with van der Waals surface area (Å²) in [5.41, 5.74) is 2.30. The lowest BCUT2D eigenvalue weighted by Crippen LogP contribution is -2.34. The summed E-state index contributed by atoms with van der Waals surface area (Å²) in [6.07, 6.45) is 7.85. The van der Waals surface area contributed by atoms with Crippen LogP contribution in [0.1, 0.15) is 24.0 Å². The predicted molar refractivity (Wildman–Crippen MR) is 74.3 cm³/mol. The smallest absolute Gasteiger partial charge is 0.0491 e. The fourth-order valence-electron chi connectivity index (χ4n) is 2.51. The topological polar surface area (TPSA) is 12.5 Å². The highest BCUT2D eigenvalue weighted by atomic mass is 16.5. The summed E-state index contributed by atoms with van der Waals surface area (Å²) >= 11 is 0. The van der Waals surface area contributed by atoms with E-state index in [0.29, 0.717) is 0 Å². The first kappa shape index (κ1) is 13.1. The van der Waals surface area contributed by atoms with E-state index in [1.54, 1.807) is 7.11 Å². The number of piperidine rings is 1. The van der Waals surface area contributed by atoms with Crippen LogP contribution in [0.25, 0.3) is 0 Å². The Bertz CT molecular complexity index is 396. The molecule has 0 saturated carbocycles. The largest absolute Gasteiger partial charge is 0.384 e. The average Bonchev–Trinajstić information content (AvgIpc) is 2.42. The van der Waals surface area contributed by atoms with Crippen molar-refractivity contribution in [3.63, 3.8) is 0 Å². The van der Waals surface area contributed by atoms with E-state index in [9.17, 15) is 0 Å². The molecular weight excluding hydrogens is 222 g/mol. The Labute approximate surface area is 110 Å². The van der Waals surface area contributed by atoms with Crippen LogP contribution in [0, 0.1) is 18.3 Å². The van der Waals surface area contributed by atoms with Crippen molar-refractivity contribution in [1.29, 1.82) is 0 Å². The van der Waals surface area contributed by atoms with Gasteiger partial charge in [0.1, 0.15) is 0 Å². The van der Waals surface area contributed by atoms with Crippen LogP contribution in [0.15, 0.2) is 24.3 Å². The molecule has 2 nitrogen and oxygen atoms in total. The molecule has 1 aliphatic heterocycles. The molecule has 0 atom stereocenters. The van der Waals surface area contributed by atoms with Crippen LogP contribution in [0.3, 0.4) is 0 Å². The average molecular weight is 243 g/mol. The number of rotatable bonds is 4. The molecule has 1 saturated heterocycles. The normalized spacial score (nSPS) is 17.6. The lowest BCUT2D eigenvalue weighted by atomic mass is 9.97. The van der Waals surface area contributed by atoms with Crippen molar-refractivity contribution in [1.82, 2.24) is 4.90 Å². The van der Waals surface area contributed by atoms with Gasteiger partial charge in [0.2, 0.25) is 0 Å². The molecule has 96 valence electrons. The molecule has 1 aromatic carbocycles. The summed E-state index contributed by atoms with van der Waals surface area (Å²) in [6, 6.07) is 8.31. The molecule has 0 radical (unpaired) electrons. The lowest BCUT2D eigenvalue weighted by molar-refractivity contribution is 0.0968. The Morgan fingerprint density at radius 1 is 1.28 bits per heavy atom. The number of hydrogen-bond acceptors (Lipinski definition) is 2. The van der Waals surface area contributed by atoms with Crippen molar-refractivity contribution >= 4 is 0 Å². The van der Waals surface area contributed by atoms with E-state index in [4.69, 9.17) is 11.2 Å². The molecule has 0 aromatic heterocycles. The van der Waals surface area contributed by atoms with Crippen molar-refractivity contribution in [3.8, 4) is 12.3 Å². The molecule has 0 bridgehead atoms. The standard InChI is InChI=1S/C16H21NO/c1-3-14-4-6-15(7-5-14)12-17-10-8-16(9-11-17)13-18-2/h1,4-7,16H,8-13H2,2H3. The molecule has 0 unspecified atom stereocenters. The van der Waals surface area contributed by atoms with Gasteiger partial charge in [-0.25, -0.2) is 0 Å². The second-order valence-corrected chi connectivity index (χ2v) is 5.02. The summed E-state index contributed by atoms with van der Waals surface area (Å²) in [5.74, 6) is 3.40. The molecule has 0 amide bonds. The monoisotopic (exact) mass is 243 g/mol. The van der Waals surface area contributed by atoms with Gasteiger partial charge in [0.25, 0.3) is 0 Å². The van der Waals surface area contributed by atoms with Crippen LogP contribution in [0.4, 0.5) is 0 Å².